The lowest BCUT2D eigenvalue weighted by Crippen LogP contribution is -2.49. The third-order valence-corrected chi connectivity index (χ3v) is 5.74. The number of nitrogens with zero attached hydrogens (tertiary/aromatic N) is 5. The maximum Gasteiger partial charge on any atom is 0.270 e. The second-order valence-electron chi connectivity index (χ2n) is 8.03. The van der Waals surface area contributed by atoms with Crippen molar-refractivity contribution < 1.29 is 4.79 Å². The molecular weight excluding hydrogens is 414 g/mol. The van der Waals surface area contributed by atoms with E-state index in [2.05, 4.69) is 31.2 Å². The molecule has 1 aliphatic rings. The minimum atomic E-state index is 0.0180. The number of rotatable bonds is 4. The number of carbonyl (C=O) groups excluding carboxylic acids is 1. The summed E-state index contributed by atoms with van der Waals surface area (Å²) in [6.45, 7) is 4.46. The van der Waals surface area contributed by atoms with Crippen molar-refractivity contribution in [2.45, 2.75) is 6.92 Å². The minimum absolute atomic E-state index is 0.0180. The number of anilines is 3. The molecule has 0 atom stereocenters. The number of para-hydroxylation sites is 1. The quantitative estimate of drug-likeness (QED) is 0.503. The number of amides is 1. The molecule has 8 nitrogen and oxygen atoms in total. The lowest BCUT2D eigenvalue weighted by atomic mass is 10.2. The Kier molecular flexibility index (Phi) is 5.37. The molecule has 0 radical (unpaired) electrons. The number of aromatic amines is 1. The summed E-state index contributed by atoms with van der Waals surface area (Å²) in [5.41, 5.74) is 2.97. The Bertz CT molecular complexity index is 1330. The van der Waals surface area contributed by atoms with Gasteiger partial charge in [-0.05, 0) is 37.3 Å². The maximum atomic E-state index is 13.0. The molecule has 2 N–H and O–H groups in total. The van der Waals surface area contributed by atoms with Gasteiger partial charge in [-0.1, -0.05) is 24.3 Å². The largest absolute Gasteiger partial charge is 0.353 e. The third-order valence-electron chi connectivity index (χ3n) is 5.74. The Labute approximate surface area is 191 Å². The van der Waals surface area contributed by atoms with Crippen LogP contribution in [0.25, 0.3) is 10.9 Å². The Morgan fingerprint density at radius 1 is 1.03 bits per heavy atom. The first-order valence-electron chi connectivity index (χ1n) is 10.8. The van der Waals surface area contributed by atoms with Gasteiger partial charge in [0.1, 0.15) is 23.2 Å². The first kappa shape index (κ1) is 20.5. The topological polar surface area (TPSA) is 101 Å². The van der Waals surface area contributed by atoms with Gasteiger partial charge in [0.2, 0.25) is 0 Å². The van der Waals surface area contributed by atoms with Crippen LogP contribution in [0.3, 0.4) is 0 Å². The van der Waals surface area contributed by atoms with Crippen LogP contribution < -0.4 is 10.2 Å². The molecular formula is C25H23N7O. The fourth-order valence-electron chi connectivity index (χ4n) is 4.09. The predicted octanol–water partition coefficient (Wildman–Crippen LogP) is 3.84. The second-order valence-corrected chi connectivity index (χ2v) is 8.03. The number of carbonyl (C=O) groups is 1. The number of hydrogen-bond donors (Lipinski definition) is 2. The van der Waals surface area contributed by atoms with E-state index >= 15 is 0 Å². The molecule has 0 unspecified atom stereocenters. The number of piperazine rings is 1. The molecule has 0 aliphatic carbocycles. The zero-order valence-electron chi connectivity index (χ0n) is 18.2. The molecule has 8 heteroatoms. The molecule has 0 spiro atoms. The van der Waals surface area contributed by atoms with E-state index in [-0.39, 0.29) is 5.91 Å². The molecule has 33 heavy (non-hydrogen) atoms. The lowest BCUT2D eigenvalue weighted by molar-refractivity contribution is 0.0741. The maximum absolute atomic E-state index is 13.0. The van der Waals surface area contributed by atoms with Crippen LogP contribution >= 0.6 is 0 Å². The van der Waals surface area contributed by atoms with Crippen molar-refractivity contribution in [3.8, 4) is 6.07 Å². The van der Waals surface area contributed by atoms with E-state index in [1.54, 1.807) is 12.1 Å². The van der Waals surface area contributed by atoms with Crippen LogP contribution in [0.5, 0.6) is 0 Å². The summed E-state index contributed by atoms with van der Waals surface area (Å²) >= 11 is 0. The zero-order chi connectivity index (χ0) is 22.8. The average Bonchev–Trinajstić information content (AvgIpc) is 3.28. The van der Waals surface area contributed by atoms with Crippen LogP contribution in [0.1, 0.15) is 21.9 Å². The molecule has 1 fully saturated rings. The molecule has 1 aliphatic heterocycles. The van der Waals surface area contributed by atoms with Gasteiger partial charge in [0.05, 0.1) is 11.6 Å². The number of nitrogens with one attached hydrogen (secondary N) is 2. The first-order valence-corrected chi connectivity index (χ1v) is 10.8. The fourth-order valence-corrected chi connectivity index (χ4v) is 4.09. The summed E-state index contributed by atoms with van der Waals surface area (Å²) in [4.78, 5) is 29.4. The highest BCUT2D eigenvalue weighted by Crippen LogP contribution is 2.22. The number of aryl methyl sites for hydroxylation is 1. The predicted molar refractivity (Wildman–Crippen MR) is 128 cm³/mol. The van der Waals surface area contributed by atoms with Gasteiger partial charge in [0, 0.05) is 48.8 Å². The smallest absolute Gasteiger partial charge is 0.270 e. The fraction of sp³-hybridized carbons (Fsp3) is 0.200. The summed E-state index contributed by atoms with van der Waals surface area (Å²) in [7, 11) is 0. The number of benzene rings is 2. The highest BCUT2D eigenvalue weighted by Gasteiger charge is 2.24. The van der Waals surface area contributed by atoms with Crippen molar-refractivity contribution in [2.24, 2.45) is 0 Å². The van der Waals surface area contributed by atoms with Gasteiger partial charge in [-0.3, -0.25) is 4.79 Å². The molecule has 0 saturated carbocycles. The molecule has 2 aromatic carbocycles. The molecule has 164 valence electrons. The summed E-state index contributed by atoms with van der Waals surface area (Å²) in [6.07, 6.45) is 0. The van der Waals surface area contributed by atoms with Crippen molar-refractivity contribution in [1.82, 2.24) is 19.9 Å². The van der Waals surface area contributed by atoms with Crippen molar-refractivity contribution in [3.63, 3.8) is 0 Å². The Morgan fingerprint density at radius 3 is 2.64 bits per heavy atom. The van der Waals surface area contributed by atoms with Crippen LogP contribution in [-0.4, -0.2) is 51.9 Å². The van der Waals surface area contributed by atoms with Crippen LogP contribution in [0.2, 0.25) is 0 Å². The van der Waals surface area contributed by atoms with E-state index < -0.39 is 0 Å². The average molecular weight is 438 g/mol. The molecule has 1 saturated heterocycles. The van der Waals surface area contributed by atoms with Crippen LogP contribution in [0.15, 0.2) is 60.7 Å². The van der Waals surface area contributed by atoms with Crippen LogP contribution in [0.4, 0.5) is 17.3 Å². The number of H-pyrrole nitrogens is 1. The Balaban J connectivity index is 1.27. The van der Waals surface area contributed by atoms with Gasteiger partial charge >= 0.3 is 0 Å². The van der Waals surface area contributed by atoms with Crippen LogP contribution in [0, 0.1) is 18.3 Å². The van der Waals surface area contributed by atoms with Gasteiger partial charge < -0.3 is 20.1 Å². The van der Waals surface area contributed by atoms with Gasteiger partial charge in [-0.15, -0.1) is 0 Å². The Morgan fingerprint density at radius 2 is 1.85 bits per heavy atom. The summed E-state index contributed by atoms with van der Waals surface area (Å²) in [5, 5.41) is 13.4. The van der Waals surface area contributed by atoms with E-state index in [0.717, 1.165) is 22.4 Å². The highest BCUT2D eigenvalue weighted by molar-refractivity contribution is 5.98. The van der Waals surface area contributed by atoms with Gasteiger partial charge in [0.25, 0.3) is 5.91 Å². The molecule has 5 rings (SSSR count). The number of aromatic nitrogens is 3. The number of fused-ring (bicyclic) bond motifs is 1. The second kappa shape index (κ2) is 8.63. The Hall–Kier alpha value is -4.38. The normalized spacial score (nSPS) is 13.7. The van der Waals surface area contributed by atoms with E-state index in [1.807, 2.05) is 60.4 Å². The van der Waals surface area contributed by atoms with E-state index in [0.29, 0.717) is 49.1 Å². The lowest BCUT2D eigenvalue weighted by Gasteiger charge is -2.35. The molecule has 3 heterocycles. The highest BCUT2D eigenvalue weighted by atomic mass is 16.2. The summed E-state index contributed by atoms with van der Waals surface area (Å²) in [5.74, 6) is 2.16. The number of hydrogen-bond acceptors (Lipinski definition) is 6. The van der Waals surface area contributed by atoms with E-state index in [4.69, 9.17) is 5.26 Å². The number of nitriles is 1. The molecule has 4 aromatic rings. The summed E-state index contributed by atoms with van der Waals surface area (Å²) in [6, 6.07) is 21.1. The van der Waals surface area contributed by atoms with Gasteiger partial charge in [0.15, 0.2) is 0 Å². The van der Waals surface area contributed by atoms with Crippen molar-refractivity contribution in [1.29, 1.82) is 5.26 Å². The standard InChI is InChI=1S/C25H23N7O/c1-17-27-23(29-20-7-4-5-18(13-20)16-26)15-24(28-17)31-9-11-32(12-10-31)25(33)22-14-19-6-2-3-8-21(19)30-22/h2-8,13-15,30H,9-12H2,1H3,(H,27,28,29). The third kappa shape index (κ3) is 4.34. The van der Waals surface area contributed by atoms with Crippen molar-refractivity contribution in [3.05, 3.63) is 77.7 Å². The van der Waals surface area contributed by atoms with Crippen molar-refractivity contribution in [2.75, 3.05) is 36.4 Å². The summed E-state index contributed by atoms with van der Waals surface area (Å²) < 4.78 is 0. The SMILES string of the molecule is Cc1nc(Nc2cccc(C#N)c2)cc(N2CCN(C(=O)c3cc4ccccc4[nH]3)CC2)n1. The first-order chi connectivity index (χ1) is 16.1. The van der Waals surface area contributed by atoms with E-state index in [9.17, 15) is 4.79 Å². The molecule has 1 amide bonds. The minimum Gasteiger partial charge on any atom is -0.353 e. The van der Waals surface area contributed by atoms with Crippen LogP contribution in [-0.2, 0) is 0 Å². The molecule has 0 bridgehead atoms. The monoisotopic (exact) mass is 437 g/mol. The van der Waals surface area contributed by atoms with E-state index in [1.165, 1.54) is 0 Å². The van der Waals surface area contributed by atoms with Gasteiger partial charge in [-0.2, -0.15) is 5.26 Å². The zero-order valence-corrected chi connectivity index (χ0v) is 18.2. The van der Waals surface area contributed by atoms with Gasteiger partial charge in [-0.25, -0.2) is 9.97 Å². The molecule has 2 aromatic heterocycles. The van der Waals surface area contributed by atoms with Crippen molar-refractivity contribution >= 4 is 34.1 Å².